The number of quaternary nitrogens is 1. The second-order valence-corrected chi connectivity index (χ2v) is 6.48. The molecule has 1 aromatic carbocycles. The highest BCUT2D eigenvalue weighted by Crippen LogP contribution is 2.64. The summed E-state index contributed by atoms with van der Waals surface area (Å²) in [5.74, 6) is 0.976. The van der Waals surface area contributed by atoms with Crippen LogP contribution in [-0.2, 0) is 6.54 Å². The molecule has 1 saturated carbocycles. The predicted molar refractivity (Wildman–Crippen MR) is 63.7 cm³/mol. The summed E-state index contributed by atoms with van der Waals surface area (Å²) in [5, 5.41) is 0. The number of rotatable bonds is 2. The lowest BCUT2D eigenvalue weighted by Crippen LogP contribution is -2.25. The molecule has 3 saturated heterocycles. The molecular formula is C13H15BrN+. The number of piperidine rings is 3. The normalized spacial score (nSPS) is 49.7. The molecule has 1 nitrogen and oxygen atoms in total. The summed E-state index contributed by atoms with van der Waals surface area (Å²) in [6, 6.07) is 13.0. The predicted octanol–water partition coefficient (Wildman–Crippen LogP) is 2.55. The summed E-state index contributed by atoms with van der Waals surface area (Å²) < 4.78 is 1.41. The van der Waals surface area contributed by atoms with Crippen LogP contribution in [0.15, 0.2) is 30.3 Å². The van der Waals surface area contributed by atoms with Crippen molar-refractivity contribution in [3.05, 3.63) is 35.9 Å². The van der Waals surface area contributed by atoms with E-state index in [1.807, 2.05) is 0 Å². The van der Waals surface area contributed by atoms with E-state index >= 15 is 0 Å². The zero-order valence-corrected chi connectivity index (χ0v) is 10.2. The van der Waals surface area contributed by atoms with Crippen molar-refractivity contribution in [3.63, 3.8) is 0 Å². The van der Waals surface area contributed by atoms with Gasteiger partial charge in [0.05, 0.1) is 11.4 Å². The summed E-state index contributed by atoms with van der Waals surface area (Å²) in [4.78, 5) is 0.825. The Morgan fingerprint density at radius 2 is 2.07 bits per heavy atom. The first kappa shape index (κ1) is 8.77. The molecule has 4 bridgehead atoms. The van der Waals surface area contributed by atoms with E-state index in [1.165, 1.54) is 29.6 Å². The Balaban J connectivity index is 1.63. The zero-order valence-electron chi connectivity index (χ0n) is 8.64. The van der Waals surface area contributed by atoms with Gasteiger partial charge in [-0.2, -0.15) is 0 Å². The van der Waals surface area contributed by atoms with Crippen LogP contribution in [0.3, 0.4) is 0 Å². The van der Waals surface area contributed by atoms with Gasteiger partial charge in [0.2, 0.25) is 0 Å². The molecule has 15 heavy (non-hydrogen) atoms. The molecule has 2 heteroatoms. The minimum atomic E-state index is 0.825. The van der Waals surface area contributed by atoms with Crippen LogP contribution >= 0.6 is 15.9 Å². The Morgan fingerprint density at radius 1 is 1.27 bits per heavy atom. The quantitative estimate of drug-likeness (QED) is 0.438. The largest absolute Gasteiger partial charge is 0.304 e. The second-order valence-electron chi connectivity index (χ2n) is 5.43. The Labute approximate surface area is 98.8 Å². The minimum absolute atomic E-state index is 0.825. The van der Waals surface area contributed by atoms with Gasteiger partial charge in [-0.15, -0.1) is 0 Å². The highest BCUT2D eigenvalue weighted by molar-refractivity contribution is 9.09. The van der Waals surface area contributed by atoms with Crippen LogP contribution in [-0.4, -0.2) is 27.9 Å². The summed E-state index contributed by atoms with van der Waals surface area (Å²) in [6.07, 6.45) is 1.48. The van der Waals surface area contributed by atoms with E-state index in [1.54, 1.807) is 0 Å². The lowest BCUT2D eigenvalue weighted by Gasteiger charge is -2.15. The number of halogens is 1. The highest BCUT2D eigenvalue weighted by Gasteiger charge is 2.81. The average molecular weight is 265 g/mol. The smallest absolute Gasteiger partial charge is 0.155 e. The van der Waals surface area contributed by atoms with Crippen LogP contribution in [0.25, 0.3) is 0 Å². The molecule has 4 fully saturated rings. The third-order valence-electron chi connectivity index (χ3n) is 4.77. The molecule has 1 aliphatic carbocycles. The van der Waals surface area contributed by atoms with Gasteiger partial charge < -0.3 is 4.48 Å². The molecule has 5 rings (SSSR count). The maximum atomic E-state index is 3.89. The Bertz CT molecular complexity index is 404. The Hall–Kier alpha value is -0.340. The molecule has 78 valence electrons. The number of nitrogens with zero attached hydrogens (tertiary/aromatic N) is 1. The molecule has 0 unspecified atom stereocenters. The number of benzene rings is 1. The first-order chi connectivity index (χ1) is 7.31. The molecule has 3 heterocycles. The molecule has 0 aromatic heterocycles. The average Bonchev–Trinajstić information content (AvgIpc) is 2.55. The molecule has 0 spiro atoms. The van der Waals surface area contributed by atoms with Crippen LogP contribution in [0.5, 0.6) is 0 Å². The number of alkyl halides is 1. The first-order valence-electron chi connectivity index (χ1n) is 5.86. The van der Waals surface area contributed by atoms with Gasteiger partial charge in [-0.25, -0.2) is 0 Å². The fourth-order valence-corrected chi connectivity index (χ4v) is 5.39. The van der Waals surface area contributed by atoms with Gasteiger partial charge >= 0.3 is 0 Å². The number of hydrogen-bond donors (Lipinski definition) is 0. The van der Waals surface area contributed by atoms with Gasteiger partial charge in [0.15, 0.2) is 6.04 Å². The first-order valence-corrected chi connectivity index (χ1v) is 6.77. The topological polar surface area (TPSA) is 0 Å². The number of hydrogen-bond acceptors (Lipinski definition) is 0. The molecule has 1 aromatic rings. The van der Waals surface area contributed by atoms with E-state index < -0.39 is 0 Å². The van der Waals surface area contributed by atoms with E-state index in [4.69, 9.17) is 0 Å². The summed E-state index contributed by atoms with van der Waals surface area (Å²) in [7, 11) is 0. The van der Waals surface area contributed by atoms with Crippen LogP contribution in [0.2, 0.25) is 0 Å². The second kappa shape index (κ2) is 2.67. The molecule has 3 aliphatic heterocycles. The van der Waals surface area contributed by atoms with Crippen molar-refractivity contribution in [2.45, 2.75) is 29.9 Å². The highest BCUT2D eigenvalue weighted by atomic mass is 79.9. The van der Waals surface area contributed by atoms with Gasteiger partial charge in [0, 0.05) is 17.9 Å². The lowest BCUT2D eigenvalue weighted by molar-refractivity contribution is -0.823. The van der Waals surface area contributed by atoms with E-state index in [2.05, 4.69) is 46.3 Å². The molecule has 4 aliphatic rings. The van der Waals surface area contributed by atoms with Gasteiger partial charge in [-0.1, -0.05) is 46.3 Å². The van der Waals surface area contributed by atoms with Crippen molar-refractivity contribution in [3.8, 4) is 0 Å². The van der Waals surface area contributed by atoms with Crippen molar-refractivity contribution in [2.24, 2.45) is 5.92 Å². The summed E-state index contributed by atoms with van der Waals surface area (Å²) in [6.45, 7) is 2.70. The van der Waals surface area contributed by atoms with Crippen molar-refractivity contribution in [1.82, 2.24) is 0 Å². The van der Waals surface area contributed by atoms with Crippen molar-refractivity contribution in [2.75, 3.05) is 6.54 Å². The van der Waals surface area contributed by atoms with Gasteiger partial charge in [-0.3, -0.25) is 0 Å². The van der Waals surface area contributed by atoms with Crippen LogP contribution < -0.4 is 0 Å². The van der Waals surface area contributed by atoms with Gasteiger partial charge in [-0.05, 0) is 0 Å². The van der Waals surface area contributed by atoms with E-state index in [0.717, 1.165) is 22.8 Å². The van der Waals surface area contributed by atoms with E-state index in [0.29, 0.717) is 0 Å². The fraction of sp³-hybridized carbons (Fsp3) is 0.538. The maximum Gasteiger partial charge on any atom is 0.155 e. The van der Waals surface area contributed by atoms with Gasteiger partial charge in [0.25, 0.3) is 0 Å². The van der Waals surface area contributed by atoms with Crippen LogP contribution in [0.1, 0.15) is 12.0 Å². The lowest BCUT2D eigenvalue weighted by atomic mass is 10.1. The van der Waals surface area contributed by atoms with Crippen molar-refractivity contribution in [1.29, 1.82) is 0 Å². The molecule has 0 radical (unpaired) electrons. The summed E-state index contributed by atoms with van der Waals surface area (Å²) >= 11 is 3.89. The molecular weight excluding hydrogens is 250 g/mol. The zero-order chi connectivity index (χ0) is 10.0. The Morgan fingerprint density at radius 3 is 2.60 bits per heavy atom. The van der Waals surface area contributed by atoms with Crippen molar-refractivity contribution >= 4 is 15.9 Å². The third kappa shape index (κ3) is 0.974. The SMILES string of the molecule is Br[C@H]1[C@H]2C[C@H]3[C@@H]1[N@@+]3(Cc1ccccc1)C2. The van der Waals surface area contributed by atoms with Gasteiger partial charge in [0.1, 0.15) is 12.6 Å². The molecule has 0 amide bonds. The van der Waals surface area contributed by atoms with Crippen LogP contribution in [0, 0.1) is 5.92 Å². The molecule has 5 atom stereocenters. The minimum Gasteiger partial charge on any atom is -0.304 e. The standard InChI is InChI=1S/C13H15BrN/c14-12-10-6-11-13(12)15(11,8-10)7-9-4-2-1-3-5-9/h1-5,10-13H,6-8H2/q+1/t10-,11-,12-,13-,15-/m0/s1. The molecule has 0 N–H and O–H groups in total. The van der Waals surface area contributed by atoms with Crippen molar-refractivity contribution < 1.29 is 4.48 Å². The van der Waals surface area contributed by atoms with E-state index in [9.17, 15) is 0 Å². The maximum absolute atomic E-state index is 3.89. The van der Waals surface area contributed by atoms with E-state index in [-0.39, 0.29) is 0 Å². The summed E-state index contributed by atoms with van der Waals surface area (Å²) in [5.41, 5.74) is 1.52. The van der Waals surface area contributed by atoms with Crippen LogP contribution in [0.4, 0.5) is 0 Å². The Kier molecular flexibility index (Phi) is 1.56. The monoisotopic (exact) mass is 264 g/mol. The third-order valence-corrected chi connectivity index (χ3v) is 6.06. The fourth-order valence-electron chi connectivity index (χ4n) is 4.18.